The Balaban J connectivity index is 1.78. The number of hydrogen-bond donors (Lipinski definition) is 2. The number of amides is 1. The molecule has 0 bridgehead atoms. The number of carboxylic acid groups (broad SMARTS) is 1. The summed E-state index contributed by atoms with van der Waals surface area (Å²) in [6, 6.07) is 5.50. The fourth-order valence-electron chi connectivity index (χ4n) is 3.00. The van der Waals surface area contributed by atoms with E-state index in [2.05, 4.69) is 21.2 Å². The van der Waals surface area contributed by atoms with Crippen LogP contribution in [0.4, 0.5) is 0 Å². The van der Waals surface area contributed by atoms with E-state index in [0.717, 1.165) is 15.4 Å². The molecule has 1 heterocycles. The molecule has 22 heavy (non-hydrogen) atoms. The van der Waals surface area contributed by atoms with Gasteiger partial charge in [0.1, 0.15) is 5.58 Å². The number of benzene rings is 1. The minimum Gasteiger partial charge on any atom is -0.481 e. The van der Waals surface area contributed by atoms with E-state index in [1.165, 1.54) is 0 Å². The number of hydrogen-bond acceptors (Lipinski definition) is 3. The first-order valence-electron chi connectivity index (χ1n) is 7.18. The van der Waals surface area contributed by atoms with Crippen LogP contribution in [0.2, 0.25) is 0 Å². The molecule has 2 atom stereocenters. The molecule has 1 aromatic carbocycles. The average molecular weight is 366 g/mol. The maximum absolute atomic E-state index is 12.4. The smallest absolute Gasteiger partial charge is 0.306 e. The van der Waals surface area contributed by atoms with Gasteiger partial charge in [-0.3, -0.25) is 9.59 Å². The van der Waals surface area contributed by atoms with E-state index in [9.17, 15) is 9.59 Å². The molecule has 6 heteroatoms. The van der Waals surface area contributed by atoms with Crippen molar-refractivity contribution in [2.45, 2.75) is 32.2 Å². The summed E-state index contributed by atoms with van der Waals surface area (Å²) in [6.45, 7) is 1.85. The SMILES string of the molecule is Cc1c(C(=O)N[C@@H]2CC[C@H](C(=O)O)C2)oc2ccc(Br)cc12. The molecule has 1 amide bonds. The summed E-state index contributed by atoms with van der Waals surface area (Å²) < 4.78 is 6.58. The highest BCUT2D eigenvalue weighted by atomic mass is 79.9. The van der Waals surface area contributed by atoms with Crippen molar-refractivity contribution >= 4 is 38.8 Å². The van der Waals surface area contributed by atoms with E-state index >= 15 is 0 Å². The number of aryl methyl sites for hydroxylation is 1. The molecule has 116 valence electrons. The summed E-state index contributed by atoms with van der Waals surface area (Å²) in [5.41, 5.74) is 1.46. The minimum atomic E-state index is -0.790. The largest absolute Gasteiger partial charge is 0.481 e. The lowest BCUT2D eigenvalue weighted by molar-refractivity contribution is -0.141. The Morgan fingerprint density at radius 3 is 2.82 bits per heavy atom. The van der Waals surface area contributed by atoms with E-state index in [1.807, 2.05) is 25.1 Å². The Kier molecular flexibility index (Phi) is 3.95. The van der Waals surface area contributed by atoms with Gasteiger partial charge in [-0.15, -0.1) is 0 Å². The van der Waals surface area contributed by atoms with E-state index in [-0.39, 0.29) is 17.9 Å². The zero-order chi connectivity index (χ0) is 15.9. The van der Waals surface area contributed by atoms with Crippen LogP contribution in [0.15, 0.2) is 27.1 Å². The molecule has 1 saturated carbocycles. The molecule has 0 radical (unpaired) electrons. The van der Waals surface area contributed by atoms with E-state index in [4.69, 9.17) is 9.52 Å². The van der Waals surface area contributed by atoms with Gasteiger partial charge >= 0.3 is 5.97 Å². The number of halogens is 1. The average Bonchev–Trinajstić information content (AvgIpc) is 3.05. The molecule has 0 spiro atoms. The molecular formula is C16H16BrNO4. The Labute approximate surface area is 135 Å². The Morgan fingerprint density at radius 2 is 2.14 bits per heavy atom. The molecular weight excluding hydrogens is 350 g/mol. The molecule has 1 aromatic heterocycles. The molecule has 1 aliphatic rings. The quantitative estimate of drug-likeness (QED) is 0.872. The maximum atomic E-state index is 12.4. The van der Waals surface area contributed by atoms with Crippen molar-refractivity contribution in [1.29, 1.82) is 0 Å². The molecule has 0 saturated heterocycles. The summed E-state index contributed by atoms with van der Waals surface area (Å²) in [7, 11) is 0. The normalized spacial score (nSPS) is 21.2. The fraction of sp³-hybridized carbons (Fsp3) is 0.375. The molecule has 0 unspecified atom stereocenters. The number of aliphatic carboxylic acids is 1. The number of nitrogens with one attached hydrogen (secondary N) is 1. The molecule has 1 fully saturated rings. The van der Waals surface area contributed by atoms with Crippen molar-refractivity contribution in [3.05, 3.63) is 34.0 Å². The zero-order valence-electron chi connectivity index (χ0n) is 12.1. The van der Waals surface area contributed by atoms with Crippen LogP contribution in [-0.4, -0.2) is 23.0 Å². The first-order valence-corrected chi connectivity index (χ1v) is 7.97. The van der Waals surface area contributed by atoms with Gasteiger partial charge in [-0.05, 0) is 44.4 Å². The summed E-state index contributed by atoms with van der Waals surface area (Å²) in [4.78, 5) is 23.4. The van der Waals surface area contributed by atoms with Crippen molar-refractivity contribution in [1.82, 2.24) is 5.32 Å². The van der Waals surface area contributed by atoms with Crippen molar-refractivity contribution in [2.24, 2.45) is 5.92 Å². The molecule has 0 aliphatic heterocycles. The Hall–Kier alpha value is -1.82. The molecule has 2 N–H and O–H groups in total. The second-order valence-corrected chi connectivity index (χ2v) is 6.63. The van der Waals surface area contributed by atoms with Gasteiger partial charge in [0.05, 0.1) is 5.92 Å². The van der Waals surface area contributed by atoms with Gasteiger partial charge in [0.25, 0.3) is 5.91 Å². The van der Waals surface area contributed by atoms with Gasteiger partial charge in [-0.1, -0.05) is 15.9 Å². The van der Waals surface area contributed by atoms with Gasteiger partial charge in [0, 0.05) is 21.5 Å². The monoisotopic (exact) mass is 365 g/mol. The van der Waals surface area contributed by atoms with Gasteiger partial charge in [-0.25, -0.2) is 0 Å². The second kappa shape index (κ2) is 5.76. The van der Waals surface area contributed by atoms with Crippen molar-refractivity contribution in [2.75, 3.05) is 0 Å². The highest BCUT2D eigenvalue weighted by Crippen LogP contribution is 2.29. The van der Waals surface area contributed by atoms with Crippen LogP contribution in [0.5, 0.6) is 0 Å². The number of furan rings is 1. The lowest BCUT2D eigenvalue weighted by atomic mass is 10.1. The summed E-state index contributed by atoms with van der Waals surface area (Å²) >= 11 is 3.41. The van der Waals surface area contributed by atoms with Crippen molar-refractivity contribution in [3.63, 3.8) is 0 Å². The lowest BCUT2D eigenvalue weighted by Gasteiger charge is -2.11. The summed E-state index contributed by atoms with van der Waals surface area (Å²) in [5.74, 6) is -1.13. The molecule has 3 rings (SSSR count). The van der Waals surface area contributed by atoms with E-state index in [1.54, 1.807) is 0 Å². The van der Waals surface area contributed by atoms with Crippen LogP contribution >= 0.6 is 15.9 Å². The first kappa shape index (κ1) is 15.1. The van der Waals surface area contributed by atoms with Crippen molar-refractivity contribution in [3.8, 4) is 0 Å². The Morgan fingerprint density at radius 1 is 1.36 bits per heavy atom. The van der Waals surface area contributed by atoms with Crippen molar-refractivity contribution < 1.29 is 19.1 Å². The maximum Gasteiger partial charge on any atom is 0.306 e. The van der Waals surface area contributed by atoms with E-state index in [0.29, 0.717) is 30.6 Å². The lowest BCUT2D eigenvalue weighted by Crippen LogP contribution is -2.33. The number of rotatable bonds is 3. The highest BCUT2D eigenvalue weighted by Gasteiger charge is 2.31. The molecule has 1 aliphatic carbocycles. The van der Waals surface area contributed by atoms with Crippen LogP contribution in [0.3, 0.4) is 0 Å². The van der Waals surface area contributed by atoms with E-state index < -0.39 is 5.97 Å². The van der Waals surface area contributed by atoms with Gasteiger partial charge in [0.2, 0.25) is 0 Å². The number of carbonyl (C=O) groups is 2. The predicted octanol–water partition coefficient (Wildman–Crippen LogP) is 3.49. The Bertz CT molecular complexity index is 752. The van der Waals surface area contributed by atoms with Crippen LogP contribution < -0.4 is 5.32 Å². The van der Waals surface area contributed by atoms with Gasteiger partial charge < -0.3 is 14.8 Å². The third-order valence-electron chi connectivity index (χ3n) is 4.22. The highest BCUT2D eigenvalue weighted by molar-refractivity contribution is 9.10. The third-order valence-corrected chi connectivity index (χ3v) is 4.71. The minimum absolute atomic E-state index is 0.104. The number of carboxylic acids is 1. The van der Waals surface area contributed by atoms with Gasteiger partial charge in [0.15, 0.2) is 5.76 Å². The number of fused-ring (bicyclic) bond motifs is 1. The summed E-state index contributed by atoms with van der Waals surface area (Å²) in [6.07, 6.45) is 1.77. The van der Waals surface area contributed by atoms with Crippen LogP contribution in [-0.2, 0) is 4.79 Å². The second-order valence-electron chi connectivity index (χ2n) is 5.72. The third kappa shape index (κ3) is 2.75. The van der Waals surface area contributed by atoms with Crippen LogP contribution in [0.25, 0.3) is 11.0 Å². The molecule has 5 nitrogen and oxygen atoms in total. The topological polar surface area (TPSA) is 79.5 Å². The number of carbonyl (C=O) groups excluding carboxylic acids is 1. The summed E-state index contributed by atoms with van der Waals surface area (Å²) in [5, 5.41) is 12.8. The van der Waals surface area contributed by atoms with Crippen LogP contribution in [0, 0.1) is 12.8 Å². The molecule has 2 aromatic rings. The van der Waals surface area contributed by atoms with Gasteiger partial charge in [-0.2, -0.15) is 0 Å². The van der Waals surface area contributed by atoms with Crippen LogP contribution in [0.1, 0.15) is 35.4 Å². The fourth-order valence-corrected chi connectivity index (χ4v) is 3.36. The standard InChI is InChI=1S/C16H16BrNO4/c1-8-12-7-10(17)3-5-13(12)22-14(8)15(19)18-11-4-2-9(6-11)16(20)21/h3,5,7,9,11H,2,4,6H2,1H3,(H,18,19)(H,20,21)/t9-,11+/m0/s1. The predicted molar refractivity (Wildman–Crippen MR) is 84.9 cm³/mol. The first-order chi connectivity index (χ1) is 10.5. The zero-order valence-corrected chi connectivity index (χ0v) is 13.6.